The average Bonchev–Trinajstić information content (AvgIpc) is 2.23. The van der Waals surface area contributed by atoms with E-state index in [2.05, 4.69) is 15.9 Å². The molecule has 82 valence electrons. The predicted molar refractivity (Wildman–Crippen MR) is 64.9 cm³/mol. The van der Waals surface area contributed by atoms with Gasteiger partial charge >= 0.3 is 0 Å². The van der Waals surface area contributed by atoms with Crippen LogP contribution < -0.4 is 4.74 Å². The van der Waals surface area contributed by atoms with Crippen LogP contribution in [0.15, 0.2) is 18.2 Å². The summed E-state index contributed by atoms with van der Waals surface area (Å²) in [6, 6.07) is 5.90. The molecule has 0 fully saturated rings. The third-order valence-corrected chi connectivity index (χ3v) is 2.73. The molecule has 0 bridgehead atoms. The van der Waals surface area contributed by atoms with Gasteiger partial charge in [-0.25, -0.2) is 0 Å². The molecule has 2 nitrogen and oxygen atoms in total. The highest BCUT2D eigenvalue weighted by Crippen LogP contribution is 2.20. The number of carbonyl (C=O) groups is 1. The lowest BCUT2D eigenvalue weighted by atomic mass is 10.1. The number of ketones is 1. The van der Waals surface area contributed by atoms with E-state index in [1.807, 2.05) is 32.0 Å². The van der Waals surface area contributed by atoms with Crippen LogP contribution >= 0.6 is 15.9 Å². The minimum Gasteiger partial charge on any atom is -0.494 e. The van der Waals surface area contributed by atoms with Gasteiger partial charge in [0.2, 0.25) is 0 Å². The number of alkyl halides is 1. The topological polar surface area (TPSA) is 26.3 Å². The van der Waals surface area contributed by atoms with Crippen LogP contribution in [0.2, 0.25) is 0 Å². The van der Waals surface area contributed by atoms with E-state index < -0.39 is 0 Å². The van der Waals surface area contributed by atoms with Gasteiger partial charge in [-0.3, -0.25) is 4.79 Å². The lowest BCUT2D eigenvalue weighted by Crippen LogP contribution is -2.04. The van der Waals surface area contributed by atoms with Crippen LogP contribution in [-0.4, -0.2) is 17.7 Å². The van der Waals surface area contributed by atoms with Crippen molar-refractivity contribution in [3.8, 4) is 5.75 Å². The first kappa shape index (κ1) is 12.2. The van der Waals surface area contributed by atoms with Gasteiger partial charge in [0, 0.05) is 6.42 Å². The molecule has 0 unspecified atom stereocenters. The Hall–Kier alpha value is -0.830. The molecule has 0 aromatic heterocycles. The van der Waals surface area contributed by atoms with Crippen molar-refractivity contribution in [3.63, 3.8) is 0 Å². The molecule has 15 heavy (non-hydrogen) atoms. The molecule has 1 aromatic carbocycles. The normalized spacial score (nSPS) is 10.1. The van der Waals surface area contributed by atoms with Crippen molar-refractivity contribution in [3.05, 3.63) is 29.3 Å². The third-order valence-electron chi connectivity index (χ3n) is 2.10. The summed E-state index contributed by atoms with van der Waals surface area (Å²) in [7, 11) is 0. The molecule has 1 rings (SSSR count). The van der Waals surface area contributed by atoms with Gasteiger partial charge in [-0.15, -0.1) is 0 Å². The average molecular weight is 271 g/mol. The summed E-state index contributed by atoms with van der Waals surface area (Å²) in [6.45, 7) is 4.60. The van der Waals surface area contributed by atoms with E-state index >= 15 is 0 Å². The molecule has 0 radical (unpaired) electrons. The van der Waals surface area contributed by atoms with E-state index in [1.165, 1.54) is 0 Å². The standard InChI is InChI=1S/C12H15BrO2/c1-3-15-12-7-10(5-4-9(12)2)6-11(14)8-13/h4-5,7H,3,6,8H2,1-2H3. The maximum absolute atomic E-state index is 11.2. The molecule has 0 amide bonds. The number of halogens is 1. The Morgan fingerprint density at radius 2 is 2.20 bits per heavy atom. The highest BCUT2D eigenvalue weighted by molar-refractivity contribution is 9.09. The number of hydrogen-bond donors (Lipinski definition) is 0. The van der Waals surface area contributed by atoms with Crippen LogP contribution in [0.3, 0.4) is 0 Å². The van der Waals surface area contributed by atoms with Crippen LogP contribution in [0.25, 0.3) is 0 Å². The van der Waals surface area contributed by atoms with E-state index in [0.717, 1.165) is 16.9 Å². The van der Waals surface area contributed by atoms with Crippen molar-refractivity contribution >= 4 is 21.7 Å². The number of ether oxygens (including phenoxy) is 1. The molecule has 0 aliphatic carbocycles. The van der Waals surface area contributed by atoms with Crippen LogP contribution in [0, 0.1) is 6.92 Å². The Balaban J connectivity index is 2.82. The summed E-state index contributed by atoms with van der Waals surface area (Å²) in [6.07, 6.45) is 0.464. The fraction of sp³-hybridized carbons (Fsp3) is 0.417. The van der Waals surface area contributed by atoms with Crippen molar-refractivity contribution < 1.29 is 9.53 Å². The zero-order valence-electron chi connectivity index (χ0n) is 9.05. The Labute approximate surface area is 98.8 Å². The summed E-state index contributed by atoms with van der Waals surface area (Å²) in [5.41, 5.74) is 2.11. The van der Waals surface area contributed by atoms with Crippen molar-refractivity contribution in [1.82, 2.24) is 0 Å². The molecule has 0 heterocycles. The van der Waals surface area contributed by atoms with E-state index in [9.17, 15) is 4.79 Å². The van der Waals surface area contributed by atoms with E-state index in [4.69, 9.17) is 4.74 Å². The molecule has 3 heteroatoms. The van der Waals surface area contributed by atoms with Crippen molar-refractivity contribution in [2.45, 2.75) is 20.3 Å². The number of aryl methyl sites for hydroxylation is 1. The van der Waals surface area contributed by atoms with E-state index in [-0.39, 0.29) is 5.78 Å². The lowest BCUT2D eigenvalue weighted by Gasteiger charge is -2.08. The minimum absolute atomic E-state index is 0.182. The molecule has 0 saturated carbocycles. The van der Waals surface area contributed by atoms with Crippen molar-refractivity contribution in [2.24, 2.45) is 0 Å². The minimum atomic E-state index is 0.182. The molecule has 0 saturated heterocycles. The van der Waals surface area contributed by atoms with Gasteiger partial charge in [-0.05, 0) is 31.0 Å². The summed E-state index contributed by atoms with van der Waals surface area (Å²) in [5.74, 6) is 1.05. The summed E-state index contributed by atoms with van der Waals surface area (Å²) in [4.78, 5) is 11.2. The highest BCUT2D eigenvalue weighted by atomic mass is 79.9. The first-order chi connectivity index (χ1) is 7.17. The number of benzene rings is 1. The fourth-order valence-corrected chi connectivity index (χ4v) is 1.54. The SMILES string of the molecule is CCOc1cc(CC(=O)CBr)ccc1C. The second kappa shape index (κ2) is 5.91. The Bertz CT molecular complexity index is 347. The van der Waals surface area contributed by atoms with Gasteiger partial charge in [0.05, 0.1) is 11.9 Å². The van der Waals surface area contributed by atoms with E-state index in [0.29, 0.717) is 18.4 Å². The molecule has 0 aliphatic heterocycles. The first-order valence-corrected chi connectivity index (χ1v) is 6.09. The van der Waals surface area contributed by atoms with Gasteiger partial charge in [0.1, 0.15) is 11.5 Å². The zero-order chi connectivity index (χ0) is 11.3. The highest BCUT2D eigenvalue weighted by Gasteiger charge is 2.05. The maximum Gasteiger partial charge on any atom is 0.147 e. The van der Waals surface area contributed by atoms with Gasteiger partial charge in [-0.1, -0.05) is 28.1 Å². The summed E-state index contributed by atoms with van der Waals surface area (Å²) >= 11 is 3.16. The summed E-state index contributed by atoms with van der Waals surface area (Å²) in [5, 5.41) is 0.408. The number of hydrogen-bond acceptors (Lipinski definition) is 2. The second-order valence-corrected chi connectivity index (χ2v) is 3.94. The summed E-state index contributed by atoms with van der Waals surface area (Å²) < 4.78 is 5.47. The van der Waals surface area contributed by atoms with Crippen LogP contribution in [0.4, 0.5) is 0 Å². The molecular formula is C12H15BrO2. The number of carbonyl (C=O) groups excluding carboxylic acids is 1. The lowest BCUT2D eigenvalue weighted by molar-refractivity contribution is -0.115. The Kier molecular flexibility index (Phi) is 4.82. The molecule has 0 N–H and O–H groups in total. The first-order valence-electron chi connectivity index (χ1n) is 4.97. The maximum atomic E-state index is 11.2. The predicted octanol–water partition coefficient (Wildman–Crippen LogP) is 2.90. The second-order valence-electron chi connectivity index (χ2n) is 3.38. The Morgan fingerprint density at radius 1 is 1.47 bits per heavy atom. The fourth-order valence-electron chi connectivity index (χ4n) is 1.34. The largest absolute Gasteiger partial charge is 0.494 e. The van der Waals surface area contributed by atoms with Crippen molar-refractivity contribution in [2.75, 3.05) is 11.9 Å². The molecular weight excluding hydrogens is 256 g/mol. The van der Waals surface area contributed by atoms with Gasteiger partial charge in [0.15, 0.2) is 0 Å². The van der Waals surface area contributed by atoms with Crippen LogP contribution in [-0.2, 0) is 11.2 Å². The van der Waals surface area contributed by atoms with Crippen LogP contribution in [0.5, 0.6) is 5.75 Å². The van der Waals surface area contributed by atoms with Gasteiger partial charge < -0.3 is 4.74 Å². The number of rotatable bonds is 5. The Morgan fingerprint density at radius 3 is 2.80 bits per heavy atom. The van der Waals surface area contributed by atoms with Gasteiger partial charge in [0.25, 0.3) is 0 Å². The molecule has 1 aromatic rings. The third kappa shape index (κ3) is 3.67. The van der Waals surface area contributed by atoms with Gasteiger partial charge in [-0.2, -0.15) is 0 Å². The molecule has 0 spiro atoms. The molecule has 0 aliphatic rings. The zero-order valence-corrected chi connectivity index (χ0v) is 10.6. The van der Waals surface area contributed by atoms with E-state index in [1.54, 1.807) is 0 Å². The van der Waals surface area contributed by atoms with Crippen molar-refractivity contribution in [1.29, 1.82) is 0 Å². The quantitative estimate of drug-likeness (QED) is 0.770. The molecule has 0 atom stereocenters. The number of Topliss-reactive ketones (excluding diaryl/α,β-unsaturated/α-hetero) is 1. The van der Waals surface area contributed by atoms with Crippen LogP contribution in [0.1, 0.15) is 18.1 Å². The smallest absolute Gasteiger partial charge is 0.147 e. The monoisotopic (exact) mass is 270 g/mol.